The zero-order chi connectivity index (χ0) is 20.8. The van der Waals surface area contributed by atoms with Crippen LogP contribution in [0.25, 0.3) is 56.1 Å². The predicted molar refractivity (Wildman–Crippen MR) is 115 cm³/mol. The molecule has 0 amide bonds. The van der Waals surface area contributed by atoms with Gasteiger partial charge in [0.15, 0.2) is 17.2 Å². The predicted octanol–water partition coefficient (Wildman–Crippen LogP) is 4.76. The highest BCUT2D eigenvalue weighted by Gasteiger charge is 2.17. The van der Waals surface area contributed by atoms with Crippen molar-refractivity contribution in [1.29, 1.82) is 0 Å². The van der Waals surface area contributed by atoms with Crippen LogP contribution < -0.4 is 0 Å². The number of rotatable bonds is 3. The maximum absolute atomic E-state index is 13.8. The van der Waals surface area contributed by atoms with E-state index in [9.17, 15) is 4.39 Å². The van der Waals surface area contributed by atoms with Gasteiger partial charge in [-0.3, -0.25) is 10.1 Å². The van der Waals surface area contributed by atoms with E-state index in [1.54, 1.807) is 24.7 Å². The third-order valence-corrected chi connectivity index (χ3v) is 5.11. The van der Waals surface area contributed by atoms with Crippen molar-refractivity contribution in [1.82, 2.24) is 35.1 Å². The van der Waals surface area contributed by atoms with Gasteiger partial charge < -0.3 is 4.98 Å². The molecule has 0 saturated heterocycles. The molecule has 0 spiro atoms. The van der Waals surface area contributed by atoms with E-state index >= 15 is 0 Å². The highest BCUT2D eigenvalue weighted by Crippen LogP contribution is 2.31. The lowest BCUT2D eigenvalue weighted by Crippen LogP contribution is -1.87. The van der Waals surface area contributed by atoms with Gasteiger partial charge in [-0.1, -0.05) is 12.1 Å². The molecule has 0 aliphatic rings. The van der Waals surface area contributed by atoms with Crippen LogP contribution in [0.1, 0.15) is 0 Å². The molecule has 0 aliphatic heterocycles. The minimum Gasteiger partial charge on any atom is -0.321 e. The molecular formula is C23H14FN7. The molecule has 6 rings (SSSR count). The molecule has 1 aromatic carbocycles. The Hall–Kier alpha value is -4.46. The molecule has 0 bridgehead atoms. The Morgan fingerprint density at radius 2 is 1.77 bits per heavy atom. The number of nitrogens with zero attached hydrogens (tertiary/aromatic N) is 5. The number of aromatic amines is 2. The minimum absolute atomic E-state index is 0.302. The molecule has 5 heterocycles. The Kier molecular flexibility index (Phi) is 3.82. The zero-order valence-corrected chi connectivity index (χ0v) is 16.0. The highest BCUT2D eigenvalue weighted by atomic mass is 19.1. The first-order valence-electron chi connectivity index (χ1n) is 9.63. The number of pyridine rings is 3. The van der Waals surface area contributed by atoms with Crippen molar-refractivity contribution in [3.8, 4) is 33.9 Å². The van der Waals surface area contributed by atoms with Crippen LogP contribution in [0, 0.1) is 5.82 Å². The van der Waals surface area contributed by atoms with Crippen LogP contribution in [0.3, 0.4) is 0 Å². The fraction of sp³-hybridized carbons (Fsp3) is 0. The molecule has 0 aliphatic carbocycles. The van der Waals surface area contributed by atoms with Gasteiger partial charge in [-0.15, -0.1) is 0 Å². The molecule has 5 aromatic heterocycles. The SMILES string of the molecule is Fc1cccc(-c2ccnc3[nH]c(-c4n[nH]c5ccc(-c6cccnc6)nc45)nc23)c1. The van der Waals surface area contributed by atoms with Crippen molar-refractivity contribution in [3.63, 3.8) is 0 Å². The van der Waals surface area contributed by atoms with Crippen LogP contribution in [0.5, 0.6) is 0 Å². The number of imidazole rings is 1. The minimum atomic E-state index is -0.302. The lowest BCUT2D eigenvalue weighted by Gasteiger charge is -2.02. The van der Waals surface area contributed by atoms with Gasteiger partial charge in [0.05, 0.1) is 11.2 Å². The summed E-state index contributed by atoms with van der Waals surface area (Å²) in [7, 11) is 0. The number of fused-ring (bicyclic) bond motifs is 2. The van der Waals surface area contributed by atoms with E-state index in [4.69, 9.17) is 9.97 Å². The Morgan fingerprint density at radius 1 is 0.839 bits per heavy atom. The van der Waals surface area contributed by atoms with E-state index in [-0.39, 0.29) is 5.82 Å². The van der Waals surface area contributed by atoms with E-state index in [2.05, 4.69) is 25.1 Å². The average molecular weight is 407 g/mol. The maximum Gasteiger partial charge on any atom is 0.162 e. The van der Waals surface area contributed by atoms with Crippen LogP contribution in [-0.4, -0.2) is 35.1 Å². The smallest absolute Gasteiger partial charge is 0.162 e. The van der Waals surface area contributed by atoms with Gasteiger partial charge in [-0.25, -0.2) is 19.3 Å². The summed E-state index contributed by atoms with van der Waals surface area (Å²) in [6.45, 7) is 0. The standard InChI is InChI=1S/C23H14FN7/c24-15-5-1-3-13(11-15)16-8-10-26-22-19(16)28-23(29-22)21-20-18(30-31-21)7-6-17(27-20)14-4-2-9-25-12-14/h1-12H,(H,30,31)(H,26,28,29). The first-order chi connectivity index (χ1) is 15.3. The van der Waals surface area contributed by atoms with Crippen molar-refractivity contribution in [2.75, 3.05) is 0 Å². The molecular weight excluding hydrogens is 393 g/mol. The van der Waals surface area contributed by atoms with Gasteiger partial charge in [0.1, 0.15) is 16.9 Å². The topological polar surface area (TPSA) is 96.0 Å². The summed E-state index contributed by atoms with van der Waals surface area (Å²) in [5.41, 5.74) is 6.52. The summed E-state index contributed by atoms with van der Waals surface area (Å²) >= 11 is 0. The van der Waals surface area contributed by atoms with Gasteiger partial charge in [0.25, 0.3) is 0 Å². The zero-order valence-electron chi connectivity index (χ0n) is 16.0. The number of benzene rings is 1. The molecule has 0 atom stereocenters. The summed E-state index contributed by atoms with van der Waals surface area (Å²) in [4.78, 5) is 21.3. The van der Waals surface area contributed by atoms with E-state index < -0.39 is 0 Å². The number of hydrogen-bond acceptors (Lipinski definition) is 5. The Balaban J connectivity index is 1.52. The molecule has 0 radical (unpaired) electrons. The molecule has 148 valence electrons. The number of halogens is 1. The summed E-state index contributed by atoms with van der Waals surface area (Å²) < 4.78 is 13.8. The summed E-state index contributed by atoms with van der Waals surface area (Å²) in [5, 5.41) is 7.43. The summed E-state index contributed by atoms with van der Waals surface area (Å²) in [5.74, 6) is 0.233. The van der Waals surface area contributed by atoms with Crippen molar-refractivity contribution in [2.24, 2.45) is 0 Å². The van der Waals surface area contributed by atoms with E-state index in [1.165, 1.54) is 12.1 Å². The monoisotopic (exact) mass is 407 g/mol. The van der Waals surface area contributed by atoms with Crippen molar-refractivity contribution < 1.29 is 4.39 Å². The molecule has 8 heteroatoms. The van der Waals surface area contributed by atoms with Gasteiger partial charge in [0.2, 0.25) is 0 Å². The van der Waals surface area contributed by atoms with Crippen molar-refractivity contribution in [3.05, 3.63) is 79.0 Å². The Labute approximate surface area is 175 Å². The number of aromatic nitrogens is 7. The van der Waals surface area contributed by atoms with Crippen LogP contribution in [0.15, 0.2) is 73.2 Å². The normalized spacial score (nSPS) is 11.4. The molecule has 31 heavy (non-hydrogen) atoms. The third kappa shape index (κ3) is 2.93. The van der Waals surface area contributed by atoms with Crippen molar-refractivity contribution in [2.45, 2.75) is 0 Å². The second kappa shape index (κ2) is 6.81. The first kappa shape index (κ1) is 17.4. The van der Waals surface area contributed by atoms with Crippen molar-refractivity contribution >= 4 is 22.2 Å². The third-order valence-electron chi connectivity index (χ3n) is 5.11. The molecule has 7 nitrogen and oxygen atoms in total. The highest BCUT2D eigenvalue weighted by molar-refractivity contribution is 5.94. The molecule has 0 unspecified atom stereocenters. The molecule has 0 fully saturated rings. The van der Waals surface area contributed by atoms with E-state index in [0.29, 0.717) is 28.2 Å². The fourth-order valence-corrected chi connectivity index (χ4v) is 3.65. The second-order valence-corrected chi connectivity index (χ2v) is 7.06. The van der Waals surface area contributed by atoms with Gasteiger partial charge in [0, 0.05) is 29.7 Å². The number of nitrogens with one attached hydrogen (secondary N) is 2. The molecule has 0 saturated carbocycles. The maximum atomic E-state index is 13.8. The first-order valence-corrected chi connectivity index (χ1v) is 9.63. The Bertz CT molecular complexity index is 1550. The molecule has 2 N–H and O–H groups in total. The quantitative estimate of drug-likeness (QED) is 0.441. The van der Waals surface area contributed by atoms with Crippen LogP contribution >= 0.6 is 0 Å². The van der Waals surface area contributed by atoms with E-state index in [0.717, 1.165) is 27.9 Å². The van der Waals surface area contributed by atoms with Gasteiger partial charge >= 0.3 is 0 Å². The average Bonchev–Trinajstić information content (AvgIpc) is 3.43. The largest absolute Gasteiger partial charge is 0.321 e. The van der Waals surface area contributed by atoms with Crippen LogP contribution in [-0.2, 0) is 0 Å². The lowest BCUT2D eigenvalue weighted by molar-refractivity contribution is 0.628. The summed E-state index contributed by atoms with van der Waals surface area (Å²) in [6, 6.07) is 15.9. The Morgan fingerprint density at radius 3 is 2.65 bits per heavy atom. The van der Waals surface area contributed by atoms with Gasteiger partial charge in [-0.05, 0) is 48.0 Å². The van der Waals surface area contributed by atoms with E-state index in [1.807, 2.05) is 36.4 Å². The molecule has 6 aromatic rings. The second-order valence-electron chi connectivity index (χ2n) is 7.06. The fourth-order valence-electron chi connectivity index (χ4n) is 3.65. The van der Waals surface area contributed by atoms with Crippen LogP contribution in [0.2, 0.25) is 0 Å². The number of hydrogen-bond donors (Lipinski definition) is 2. The van der Waals surface area contributed by atoms with Gasteiger partial charge in [-0.2, -0.15) is 5.10 Å². The van der Waals surface area contributed by atoms with Crippen LogP contribution in [0.4, 0.5) is 4.39 Å². The lowest BCUT2D eigenvalue weighted by atomic mass is 10.1. The summed E-state index contributed by atoms with van der Waals surface area (Å²) in [6.07, 6.45) is 5.17. The number of H-pyrrole nitrogens is 2.